The Morgan fingerprint density at radius 1 is 1.47 bits per heavy atom. The highest BCUT2D eigenvalue weighted by Crippen LogP contribution is 2.10. The summed E-state index contributed by atoms with van der Waals surface area (Å²) in [5, 5.41) is 6.80. The third-order valence-electron chi connectivity index (χ3n) is 2.11. The maximum absolute atomic E-state index is 5.16. The van der Waals surface area contributed by atoms with Crippen LogP contribution in [0, 0.1) is 0 Å². The van der Waals surface area contributed by atoms with E-state index < -0.39 is 0 Å². The molecule has 0 aromatic carbocycles. The first-order chi connectivity index (χ1) is 8.11. The number of nitrogens with one attached hydrogen (secondary N) is 3. The number of methoxy groups -OCH3 is 1. The van der Waals surface area contributed by atoms with Crippen molar-refractivity contribution in [2.24, 2.45) is 0 Å². The van der Waals surface area contributed by atoms with Gasteiger partial charge in [0.25, 0.3) is 0 Å². The molecule has 0 radical (unpaired) electrons. The van der Waals surface area contributed by atoms with Crippen molar-refractivity contribution in [3.8, 4) is 5.88 Å². The molecule has 0 amide bonds. The van der Waals surface area contributed by atoms with E-state index in [-0.39, 0.29) is 0 Å². The lowest BCUT2D eigenvalue weighted by Gasteiger charge is -2.11. The average molecular weight is 255 g/mol. The molecule has 6 heteroatoms. The summed E-state index contributed by atoms with van der Waals surface area (Å²) in [6.45, 7) is 1.86. The molecule has 0 saturated heterocycles. The first-order valence-electron chi connectivity index (χ1n) is 5.45. The van der Waals surface area contributed by atoms with Gasteiger partial charge in [-0.15, -0.1) is 0 Å². The van der Waals surface area contributed by atoms with Crippen molar-refractivity contribution in [1.29, 1.82) is 0 Å². The summed E-state index contributed by atoms with van der Waals surface area (Å²) >= 11 is 5.16. The summed E-state index contributed by atoms with van der Waals surface area (Å²) in [6, 6.07) is 3.66. The molecule has 0 saturated carbocycles. The number of aromatic nitrogens is 1. The summed E-state index contributed by atoms with van der Waals surface area (Å²) in [7, 11) is 5.79. The lowest BCUT2D eigenvalue weighted by atomic mass is 10.4. The van der Waals surface area contributed by atoms with E-state index >= 15 is 0 Å². The van der Waals surface area contributed by atoms with Crippen molar-refractivity contribution in [2.45, 2.75) is 0 Å². The van der Waals surface area contributed by atoms with Gasteiger partial charge in [0.05, 0.1) is 46.2 Å². The molecule has 94 valence electrons. The molecule has 0 aliphatic carbocycles. The van der Waals surface area contributed by atoms with Gasteiger partial charge in [0.1, 0.15) is 0 Å². The van der Waals surface area contributed by atoms with E-state index in [2.05, 4.69) is 29.7 Å². The van der Waals surface area contributed by atoms with Crippen molar-refractivity contribution < 1.29 is 9.64 Å². The summed E-state index contributed by atoms with van der Waals surface area (Å²) in [5.74, 6) is 0.589. The van der Waals surface area contributed by atoms with E-state index in [1.807, 2.05) is 6.07 Å². The van der Waals surface area contributed by atoms with E-state index in [0.29, 0.717) is 11.0 Å². The van der Waals surface area contributed by atoms with Crippen molar-refractivity contribution in [3.05, 3.63) is 18.3 Å². The molecule has 0 aliphatic rings. The summed E-state index contributed by atoms with van der Waals surface area (Å²) < 4.78 is 4.98. The number of likely N-dealkylation sites (N-methyl/N-ethyl adjacent to an activating group) is 1. The first kappa shape index (κ1) is 13.7. The third-order valence-corrected chi connectivity index (χ3v) is 2.36. The molecular formula is C11H19N4OS+. The number of anilines is 1. The van der Waals surface area contributed by atoms with Gasteiger partial charge in [-0.2, -0.15) is 0 Å². The van der Waals surface area contributed by atoms with Crippen molar-refractivity contribution in [2.75, 3.05) is 39.6 Å². The topological polar surface area (TPSA) is 50.6 Å². The highest BCUT2D eigenvalue weighted by Gasteiger charge is 1.99. The fraction of sp³-hybridized carbons (Fsp3) is 0.455. The van der Waals surface area contributed by atoms with Crippen molar-refractivity contribution in [3.63, 3.8) is 0 Å². The van der Waals surface area contributed by atoms with Crippen LogP contribution in [0.4, 0.5) is 5.69 Å². The lowest BCUT2D eigenvalue weighted by molar-refractivity contribution is -0.856. The van der Waals surface area contributed by atoms with Crippen LogP contribution >= 0.6 is 12.2 Å². The molecule has 0 atom stereocenters. The summed E-state index contributed by atoms with van der Waals surface area (Å²) in [5.41, 5.74) is 0.848. The van der Waals surface area contributed by atoms with Crippen LogP contribution in [0.5, 0.6) is 5.88 Å². The number of rotatable bonds is 5. The molecule has 0 unspecified atom stereocenters. The monoisotopic (exact) mass is 255 g/mol. The molecule has 1 rings (SSSR count). The normalized spacial score (nSPS) is 10.1. The third kappa shape index (κ3) is 5.46. The number of thiocarbonyl (C=S) groups is 1. The fourth-order valence-corrected chi connectivity index (χ4v) is 1.40. The van der Waals surface area contributed by atoms with Crippen LogP contribution in [0.1, 0.15) is 0 Å². The molecule has 5 nitrogen and oxygen atoms in total. The Kier molecular flexibility index (Phi) is 5.65. The second kappa shape index (κ2) is 7.03. The quantitative estimate of drug-likeness (QED) is 0.621. The molecule has 1 aromatic heterocycles. The van der Waals surface area contributed by atoms with Crippen LogP contribution < -0.4 is 20.3 Å². The molecule has 1 heterocycles. The van der Waals surface area contributed by atoms with Gasteiger partial charge in [-0.1, -0.05) is 0 Å². The second-order valence-corrected chi connectivity index (χ2v) is 4.34. The highest BCUT2D eigenvalue weighted by molar-refractivity contribution is 7.80. The minimum Gasteiger partial charge on any atom is -0.481 e. The predicted molar refractivity (Wildman–Crippen MR) is 72.7 cm³/mol. The molecule has 0 fully saturated rings. The number of hydrogen-bond donors (Lipinski definition) is 3. The molecule has 3 N–H and O–H groups in total. The van der Waals surface area contributed by atoms with Crippen molar-refractivity contribution in [1.82, 2.24) is 10.3 Å². The Hall–Kier alpha value is -1.40. The molecule has 0 spiro atoms. The van der Waals surface area contributed by atoms with E-state index in [9.17, 15) is 0 Å². The van der Waals surface area contributed by atoms with Crippen LogP contribution in [0.15, 0.2) is 18.3 Å². The van der Waals surface area contributed by atoms with Gasteiger partial charge in [-0.05, 0) is 18.3 Å². The Labute approximate surface area is 107 Å². The minimum atomic E-state index is 0.589. The minimum absolute atomic E-state index is 0.589. The van der Waals surface area contributed by atoms with Gasteiger partial charge in [0.15, 0.2) is 5.11 Å². The molecular weight excluding hydrogens is 236 g/mol. The van der Waals surface area contributed by atoms with Crippen LogP contribution in [-0.4, -0.2) is 44.4 Å². The van der Waals surface area contributed by atoms with Crippen LogP contribution in [0.25, 0.3) is 0 Å². The predicted octanol–water partition coefficient (Wildman–Crippen LogP) is -0.479. The smallest absolute Gasteiger partial charge is 0.213 e. The Morgan fingerprint density at radius 2 is 2.24 bits per heavy atom. The largest absolute Gasteiger partial charge is 0.481 e. The number of hydrogen-bond acceptors (Lipinski definition) is 3. The Bertz CT molecular complexity index is 353. The standard InChI is InChI=1S/C11H18N4OS/c1-15(2)7-6-12-11(17)14-9-4-5-10(16-3)13-8-9/h4-5,8H,6-7H2,1-3H3,(H2,12,14,17)/p+1. The number of pyridine rings is 1. The van der Waals surface area contributed by atoms with E-state index in [1.54, 1.807) is 19.4 Å². The maximum Gasteiger partial charge on any atom is 0.213 e. The number of nitrogens with zero attached hydrogens (tertiary/aromatic N) is 1. The summed E-state index contributed by atoms with van der Waals surface area (Å²) in [4.78, 5) is 5.46. The van der Waals surface area contributed by atoms with Crippen LogP contribution in [-0.2, 0) is 0 Å². The van der Waals surface area contributed by atoms with E-state index in [0.717, 1.165) is 18.8 Å². The average Bonchev–Trinajstić information content (AvgIpc) is 2.29. The zero-order valence-corrected chi connectivity index (χ0v) is 11.2. The van der Waals surface area contributed by atoms with Crippen LogP contribution in [0.2, 0.25) is 0 Å². The van der Waals surface area contributed by atoms with Gasteiger partial charge < -0.3 is 20.3 Å². The molecule has 17 heavy (non-hydrogen) atoms. The van der Waals surface area contributed by atoms with Crippen molar-refractivity contribution >= 4 is 23.0 Å². The van der Waals surface area contributed by atoms with Crippen LogP contribution in [0.3, 0.4) is 0 Å². The van der Waals surface area contributed by atoms with Gasteiger partial charge in [-0.25, -0.2) is 4.98 Å². The number of ether oxygens (including phenoxy) is 1. The Balaban J connectivity index is 2.34. The van der Waals surface area contributed by atoms with E-state index in [1.165, 1.54) is 4.90 Å². The molecule has 1 aromatic rings. The highest BCUT2D eigenvalue weighted by atomic mass is 32.1. The lowest BCUT2D eigenvalue weighted by Crippen LogP contribution is -3.06. The van der Waals surface area contributed by atoms with Gasteiger partial charge >= 0.3 is 0 Å². The van der Waals surface area contributed by atoms with Gasteiger partial charge in [0.2, 0.25) is 5.88 Å². The number of quaternary nitrogens is 1. The SMILES string of the molecule is COc1ccc(NC(=S)NCC[NH+](C)C)cn1. The molecule has 0 aliphatic heterocycles. The van der Waals surface area contributed by atoms with Gasteiger partial charge in [0, 0.05) is 6.07 Å². The molecule has 0 bridgehead atoms. The zero-order chi connectivity index (χ0) is 12.7. The maximum atomic E-state index is 5.16. The second-order valence-electron chi connectivity index (χ2n) is 3.93. The first-order valence-corrected chi connectivity index (χ1v) is 5.86. The van der Waals surface area contributed by atoms with E-state index in [4.69, 9.17) is 17.0 Å². The summed E-state index contributed by atoms with van der Waals surface area (Å²) in [6.07, 6.45) is 1.68. The Morgan fingerprint density at radius 3 is 2.76 bits per heavy atom. The zero-order valence-electron chi connectivity index (χ0n) is 10.4. The fourth-order valence-electron chi connectivity index (χ4n) is 1.18. The van der Waals surface area contributed by atoms with Gasteiger partial charge in [-0.3, -0.25) is 0 Å².